The highest BCUT2D eigenvalue weighted by Crippen LogP contribution is 2.34. The molecule has 0 radical (unpaired) electrons. The molecule has 0 spiro atoms. The van der Waals surface area contributed by atoms with Crippen LogP contribution in [0.25, 0.3) is 0 Å². The summed E-state index contributed by atoms with van der Waals surface area (Å²) in [5.74, 6) is 0.619. The summed E-state index contributed by atoms with van der Waals surface area (Å²) in [5.41, 5.74) is 1.73. The number of anilines is 2. The normalized spacial score (nSPS) is 28.7. The van der Waals surface area contributed by atoms with Gasteiger partial charge in [0.2, 0.25) is 0 Å². The van der Waals surface area contributed by atoms with E-state index < -0.39 is 6.10 Å². The van der Waals surface area contributed by atoms with E-state index in [0.717, 1.165) is 30.0 Å². The average molecular weight is 262 g/mol. The predicted octanol–water partition coefficient (Wildman–Crippen LogP) is 2.00. The van der Waals surface area contributed by atoms with Crippen LogP contribution >= 0.6 is 0 Å². The average Bonchev–Trinajstić information content (AvgIpc) is 2.35. The summed E-state index contributed by atoms with van der Waals surface area (Å²) in [5, 5.41) is 6.28. The van der Waals surface area contributed by atoms with Crippen LogP contribution in [0, 0.1) is 0 Å². The zero-order chi connectivity index (χ0) is 13.4. The highest BCUT2D eigenvalue weighted by atomic mass is 16.5. The van der Waals surface area contributed by atoms with Crippen LogP contribution in [0.15, 0.2) is 18.2 Å². The highest BCUT2D eigenvalue weighted by molar-refractivity contribution is 5.98. The van der Waals surface area contributed by atoms with Crippen molar-refractivity contribution in [3.8, 4) is 5.75 Å². The number of amides is 1. The van der Waals surface area contributed by atoms with Gasteiger partial charge in [0.15, 0.2) is 6.10 Å². The molecule has 1 heterocycles. The monoisotopic (exact) mass is 262 g/mol. The Morgan fingerprint density at radius 2 is 2.21 bits per heavy atom. The first-order chi connectivity index (χ1) is 9.15. The molecule has 19 heavy (non-hydrogen) atoms. The first kappa shape index (κ1) is 12.3. The molecular weight excluding hydrogens is 244 g/mol. The Bertz CT molecular complexity index is 497. The number of nitrogens with one attached hydrogen (secondary N) is 2. The van der Waals surface area contributed by atoms with Gasteiger partial charge in [-0.05, 0) is 38.0 Å². The van der Waals surface area contributed by atoms with Crippen LogP contribution in [0.4, 0.5) is 11.4 Å². The largest absolute Gasteiger partial charge is 0.479 e. The Balaban J connectivity index is 1.68. The molecule has 1 aromatic rings. The summed E-state index contributed by atoms with van der Waals surface area (Å²) in [6, 6.07) is 6.23. The van der Waals surface area contributed by atoms with Crippen molar-refractivity contribution < 1.29 is 14.3 Å². The fourth-order valence-electron chi connectivity index (χ4n) is 2.41. The molecule has 1 aliphatic carbocycles. The Morgan fingerprint density at radius 3 is 2.95 bits per heavy atom. The van der Waals surface area contributed by atoms with Gasteiger partial charge in [0, 0.05) is 18.8 Å². The van der Waals surface area contributed by atoms with Crippen LogP contribution < -0.4 is 15.4 Å². The van der Waals surface area contributed by atoms with Gasteiger partial charge in [-0.25, -0.2) is 0 Å². The lowest BCUT2D eigenvalue weighted by Crippen LogP contribution is -2.40. The van der Waals surface area contributed by atoms with Crippen LogP contribution in [0.1, 0.15) is 19.8 Å². The fraction of sp³-hybridized carbons (Fsp3) is 0.500. The van der Waals surface area contributed by atoms with E-state index in [1.165, 1.54) is 0 Å². The summed E-state index contributed by atoms with van der Waals surface area (Å²) < 4.78 is 10.8. The lowest BCUT2D eigenvalue weighted by atomic mass is 9.89. The summed E-state index contributed by atoms with van der Waals surface area (Å²) >= 11 is 0. The zero-order valence-electron chi connectivity index (χ0n) is 11.1. The van der Waals surface area contributed by atoms with Gasteiger partial charge in [-0.1, -0.05) is 0 Å². The van der Waals surface area contributed by atoms with Gasteiger partial charge in [-0.3, -0.25) is 4.79 Å². The van der Waals surface area contributed by atoms with Crippen molar-refractivity contribution >= 4 is 17.3 Å². The van der Waals surface area contributed by atoms with E-state index in [0.29, 0.717) is 12.1 Å². The van der Waals surface area contributed by atoms with Crippen LogP contribution in [-0.4, -0.2) is 31.3 Å². The van der Waals surface area contributed by atoms with Gasteiger partial charge >= 0.3 is 0 Å². The maximum atomic E-state index is 11.6. The molecule has 0 aromatic heterocycles. The first-order valence-electron chi connectivity index (χ1n) is 6.56. The van der Waals surface area contributed by atoms with Crippen LogP contribution in [0.5, 0.6) is 5.75 Å². The molecular formula is C14H18N2O3. The summed E-state index contributed by atoms with van der Waals surface area (Å²) in [4.78, 5) is 11.6. The second-order valence-corrected chi connectivity index (χ2v) is 5.13. The Hall–Kier alpha value is -1.75. The van der Waals surface area contributed by atoms with Crippen LogP contribution in [-0.2, 0) is 9.53 Å². The molecule has 1 aliphatic heterocycles. The lowest BCUT2D eigenvalue weighted by Gasteiger charge is -2.35. The van der Waals surface area contributed by atoms with Gasteiger partial charge < -0.3 is 20.1 Å². The third-order valence-corrected chi connectivity index (χ3v) is 3.71. The minimum absolute atomic E-state index is 0.104. The molecule has 102 valence electrons. The van der Waals surface area contributed by atoms with E-state index in [4.69, 9.17) is 9.47 Å². The number of carbonyl (C=O) groups is 1. The van der Waals surface area contributed by atoms with Crippen molar-refractivity contribution in [2.75, 3.05) is 17.7 Å². The minimum Gasteiger partial charge on any atom is -0.479 e. The SMILES string of the molecule is COC1CC(Nc2ccc3c(c2)NC(=O)C(C)O3)C1. The quantitative estimate of drug-likeness (QED) is 0.874. The number of hydrogen-bond donors (Lipinski definition) is 2. The Labute approximate surface area is 112 Å². The van der Waals surface area contributed by atoms with Gasteiger partial charge in [0.25, 0.3) is 5.91 Å². The Kier molecular flexibility index (Phi) is 3.06. The van der Waals surface area contributed by atoms with E-state index in [1.807, 2.05) is 18.2 Å². The van der Waals surface area contributed by atoms with Crippen molar-refractivity contribution in [3.63, 3.8) is 0 Å². The number of hydrogen-bond acceptors (Lipinski definition) is 4. The van der Waals surface area contributed by atoms with Gasteiger partial charge in [-0.2, -0.15) is 0 Å². The lowest BCUT2D eigenvalue weighted by molar-refractivity contribution is -0.122. The van der Waals surface area contributed by atoms with Gasteiger partial charge in [-0.15, -0.1) is 0 Å². The fourth-order valence-corrected chi connectivity index (χ4v) is 2.41. The number of carbonyl (C=O) groups excluding carboxylic acids is 1. The highest BCUT2D eigenvalue weighted by Gasteiger charge is 2.29. The molecule has 1 aromatic carbocycles. The van der Waals surface area contributed by atoms with E-state index >= 15 is 0 Å². The van der Waals surface area contributed by atoms with Crippen molar-refractivity contribution in [1.82, 2.24) is 0 Å². The first-order valence-corrected chi connectivity index (χ1v) is 6.56. The molecule has 1 saturated carbocycles. The van der Waals surface area contributed by atoms with E-state index in [-0.39, 0.29) is 5.91 Å². The summed E-state index contributed by atoms with van der Waals surface area (Å²) in [7, 11) is 1.74. The third-order valence-electron chi connectivity index (χ3n) is 3.71. The van der Waals surface area contributed by atoms with E-state index in [2.05, 4.69) is 10.6 Å². The second kappa shape index (κ2) is 4.74. The number of ether oxygens (including phenoxy) is 2. The molecule has 0 bridgehead atoms. The number of rotatable bonds is 3. The van der Waals surface area contributed by atoms with Gasteiger partial charge in [0.05, 0.1) is 11.8 Å². The maximum Gasteiger partial charge on any atom is 0.265 e. The maximum absolute atomic E-state index is 11.6. The van der Waals surface area contributed by atoms with Crippen LogP contribution in [0.3, 0.4) is 0 Å². The van der Waals surface area contributed by atoms with Gasteiger partial charge in [0.1, 0.15) is 5.75 Å². The summed E-state index contributed by atoms with van der Waals surface area (Å²) in [6.07, 6.45) is 1.99. The summed E-state index contributed by atoms with van der Waals surface area (Å²) in [6.45, 7) is 1.74. The van der Waals surface area contributed by atoms with Crippen LogP contribution in [0.2, 0.25) is 0 Å². The standard InChI is InChI=1S/C14H18N2O3/c1-8-14(17)16-12-7-9(3-4-13(12)19-8)15-10-5-11(6-10)18-2/h3-4,7-8,10-11,15H,5-6H2,1-2H3,(H,16,17). The van der Waals surface area contributed by atoms with Crippen molar-refractivity contribution in [3.05, 3.63) is 18.2 Å². The van der Waals surface area contributed by atoms with Crippen molar-refractivity contribution in [2.24, 2.45) is 0 Å². The topological polar surface area (TPSA) is 59.6 Å². The number of methoxy groups -OCH3 is 1. The molecule has 3 rings (SSSR count). The zero-order valence-corrected chi connectivity index (χ0v) is 11.1. The molecule has 1 fully saturated rings. The smallest absolute Gasteiger partial charge is 0.265 e. The second-order valence-electron chi connectivity index (χ2n) is 5.13. The van der Waals surface area contributed by atoms with Crippen molar-refractivity contribution in [1.29, 1.82) is 0 Å². The molecule has 5 heteroatoms. The third kappa shape index (κ3) is 2.38. The van der Waals surface area contributed by atoms with Crippen molar-refractivity contribution in [2.45, 2.75) is 38.0 Å². The number of benzene rings is 1. The minimum atomic E-state index is -0.430. The molecule has 1 unspecified atom stereocenters. The predicted molar refractivity (Wildman–Crippen MR) is 72.6 cm³/mol. The van der Waals surface area contributed by atoms with E-state index in [9.17, 15) is 4.79 Å². The number of fused-ring (bicyclic) bond motifs is 1. The molecule has 2 N–H and O–H groups in total. The molecule has 1 amide bonds. The van der Waals surface area contributed by atoms with E-state index in [1.54, 1.807) is 14.0 Å². The molecule has 2 aliphatic rings. The molecule has 0 saturated heterocycles. The molecule has 1 atom stereocenters. The molecule has 5 nitrogen and oxygen atoms in total. The Morgan fingerprint density at radius 1 is 1.42 bits per heavy atom.